The Kier molecular flexibility index (Phi) is 5.82. The summed E-state index contributed by atoms with van der Waals surface area (Å²) in [5.74, 6) is 5.14. The van der Waals surface area contributed by atoms with E-state index in [1.165, 1.54) is 6.92 Å². The van der Waals surface area contributed by atoms with Crippen LogP contribution in [0.2, 0.25) is 0 Å². The molecule has 3 N–H and O–H groups in total. The number of nitrogens with two attached hydrogens (primary N) is 1. The Morgan fingerprint density at radius 1 is 1.20 bits per heavy atom. The average Bonchev–Trinajstić information content (AvgIpc) is 2.47. The van der Waals surface area contributed by atoms with E-state index in [0.717, 1.165) is 22.3 Å². The van der Waals surface area contributed by atoms with Crippen molar-refractivity contribution in [1.82, 2.24) is 0 Å². The van der Waals surface area contributed by atoms with Crippen molar-refractivity contribution in [2.24, 2.45) is 11.7 Å². The number of carbonyl (C=O) groups excluding carboxylic acids is 2. The number of aryl methyl sites for hydroxylation is 2. The fraction of sp³-hybridized carbons (Fsp3) is 0.524. The summed E-state index contributed by atoms with van der Waals surface area (Å²) in [6.07, 6.45) is 1.69. The van der Waals surface area contributed by atoms with E-state index in [0.29, 0.717) is 25.7 Å². The molecule has 1 atom stereocenters. The van der Waals surface area contributed by atoms with E-state index < -0.39 is 11.6 Å². The van der Waals surface area contributed by atoms with Crippen LogP contribution >= 0.6 is 0 Å². The predicted molar refractivity (Wildman–Crippen MR) is 98.0 cm³/mol. The van der Waals surface area contributed by atoms with Gasteiger partial charge in [0.1, 0.15) is 23.2 Å². The molecule has 25 heavy (non-hydrogen) atoms. The van der Waals surface area contributed by atoms with Gasteiger partial charge in [-0.25, -0.2) is 0 Å². The Labute approximate surface area is 149 Å². The molecule has 4 nitrogen and oxygen atoms in total. The number of rotatable bonds is 4. The van der Waals surface area contributed by atoms with Gasteiger partial charge >= 0.3 is 0 Å². The molecule has 1 unspecified atom stereocenters. The van der Waals surface area contributed by atoms with Crippen LogP contribution in [0.3, 0.4) is 0 Å². The summed E-state index contributed by atoms with van der Waals surface area (Å²) in [4.78, 5) is 25.4. The predicted octanol–water partition coefficient (Wildman–Crippen LogP) is 2.75. The Morgan fingerprint density at radius 2 is 1.72 bits per heavy atom. The summed E-state index contributed by atoms with van der Waals surface area (Å²) < 4.78 is 0. The zero-order valence-corrected chi connectivity index (χ0v) is 15.5. The molecule has 1 saturated carbocycles. The fourth-order valence-electron chi connectivity index (χ4n) is 3.73. The van der Waals surface area contributed by atoms with Crippen molar-refractivity contribution in [3.05, 3.63) is 34.4 Å². The highest BCUT2D eigenvalue weighted by molar-refractivity contribution is 6.10. The SMILES string of the molecule is CC#Cc1cc(C)c(C2C(=O)CC(CCC(C)(N)O)CC2=O)c(C)c1. The van der Waals surface area contributed by atoms with Crippen molar-refractivity contribution in [1.29, 1.82) is 0 Å². The number of hydrogen-bond donors (Lipinski definition) is 2. The van der Waals surface area contributed by atoms with Crippen LogP contribution in [0.1, 0.15) is 67.7 Å². The molecule has 0 radical (unpaired) electrons. The first-order valence-electron chi connectivity index (χ1n) is 8.73. The van der Waals surface area contributed by atoms with Gasteiger partial charge in [-0.15, -0.1) is 5.92 Å². The molecule has 0 amide bonds. The van der Waals surface area contributed by atoms with E-state index in [9.17, 15) is 14.7 Å². The Hall–Kier alpha value is -1.96. The monoisotopic (exact) mass is 341 g/mol. The van der Waals surface area contributed by atoms with Crippen molar-refractivity contribution >= 4 is 11.6 Å². The topological polar surface area (TPSA) is 80.4 Å². The summed E-state index contributed by atoms with van der Waals surface area (Å²) in [5.41, 5.74) is 7.95. The van der Waals surface area contributed by atoms with E-state index in [-0.39, 0.29) is 17.5 Å². The van der Waals surface area contributed by atoms with E-state index in [2.05, 4.69) is 11.8 Å². The molecule has 0 aliphatic heterocycles. The van der Waals surface area contributed by atoms with Gasteiger partial charge in [0.05, 0.1) is 0 Å². The van der Waals surface area contributed by atoms with Gasteiger partial charge in [0.15, 0.2) is 0 Å². The van der Waals surface area contributed by atoms with Crippen LogP contribution in [0.4, 0.5) is 0 Å². The molecule has 1 aliphatic carbocycles. The fourth-order valence-corrected chi connectivity index (χ4v) is 3.73. The molecule has 134 valence electrons. The first-order chi connectivity index (χ1) is 11.6. The van der Waals surface area contributed by atoms with Crippen LogP contribution in [0, 0.1) is 31.6 Å². The second-order valence-corrected chi connectivity index (χ2v) is 7.43. The number of Topliss-reactive ketones (excluding diaryl/α,β-unsaturated/α-hetero) is 2. The number of carbonyl (C=O) groups is 2. The third-order valence-electron chi connectivity index (χ3n) is 4.83. The van der Waals surface area contributed by atoms with E-state index >= 15 is 0 Å². The van der Waals surface area contributed by atoms with Gasteiger partial charge in [0, 0.05) is 18.4 Å². The Balaban J connectivity index is 2.23. The zero-order chi connectivity index (χ0) is 18.8. The summed E-state index contributed by atoms with van der Waals surface area (Å²) in [6, 6.07) is 3.88. The maximum absolute atomic E-state index is 12.7. The number of benzene rings is 1. The van der Waals surface area contributed by atoms with Crippen LogP contribution in [-0.2, 0) is 9.59 Å². The highest BCUT2D eigenvalue weighted by Crippen LogP contribution is 2.36. The Bertz CT molecular complexity index is 706. The van der Waals surface area contributed by atoms with Gasteiger partial charge in [-0.1, -0.05) is 5.92 Å². The summed E-state index contributed by atoms with van der Waals surface area (Å²) in [5, 5.41) is 9.65. The highest BCUT2D eigenvalue weighted by Gasteiger charge is 2.38. The van der Waals surface area contributed by atoms with Gasteiger partial charge in [0.2, 0.25) is 0 Å². The van der Waals surface area contributed by atoms with Crippen molar-refractivity contribution in [3.63, 3.8) is 0 Å². The van der Waals surface area contributed by atoms with Crippen molar-refractivity contribution in [3.8, 4) is 11.8 Å². The second kappa shape index (κ2) is 7.51. The maximum Gasteiger partial charge on any atom is 0.148 e. The lowest BCUT2D eigenvalue weighted by Gasteiger charge is -2.30. The van der Waals surface area contributed by atoms with Gasteiger partial charge in [-0.05, 0) is 75.3 Å². The van der Waals surface area contributed by atoms with Gasteiger partial charge in [-0.2, -0.15) is 0 Å². The van der Waals surface area contributed by atoms with Crippen LogP contribution in [0.25, 0.3) is 0 Å². The molecule has 2 rings (SSSR count). The third kappa shape index (κ3) is 4.78. The molecule has 1 aliphatic rings. The van der Waals surface area contributed by atoms with Gasteiger partial charge < -0.3 is 10.8 Å². The summed E-state index contributed by atoms with van der Waals surface area (Å²) >= 11 is 0. The average molecular weight is 341 g/mol. The smallest absolute Gasteiger partial charge is 0.148 e. The molecule has 0 spiro atoms. The second-order valence-electron chi connectivity index (χ2n) is 7.43. The molecule has 1 aromatic rings. The van der Waals surface area contributed by atoms with E-state index in [1.54, 1.807) is 6.92 Å². The molecular weight excluding hydrogens is 314 g/mol. The van der Waals surface area contributed by atoms with Crippen LogP contribution in [0.5, 0.6) is 0 Å². The number of aliphatic hydroxyl groups is 1. The number of hydrogen-bond acceptors (Lipinski definition) is 4. The van der Waals surface area contributed by atoms with Crippen LogP contribution in [0.15, 0.2) is 12.1 Å². The molecule has 1 fully saturated rings. The highest BCUT2D eigenvalue weighted by atomic mass is 16.3. The zero-order valence-electron chi connectivity index (χ0n) is 15.5. The van der Waals surface area contributed by atoms with Crippen molar-refractivity contribution in [2.45, 2.75) is 65.0 Å². The lowest BCUT2D eigenvalue weighted by molar-refractivity contribution is -0.134. The number of ketones is 2. The molecule has 0 aromatic heterocycles. The molecule has 0 heterocycles. The lowest BCUT2D eigenvalue weighted by atomic mass is 9.73. The minimum Gasteiger partial charge on any atom is -0.376 e. The summed E-state index contributed by atoms with van der Waals surface area (Å²) in [7, 11) is 0. The summed E-state index contributed by atoms with van der Waals surface area (Å²) in [6.45, 7) is 7.18. The first-order valence-corrected chi connectivity index (χ1v) is 8.73. The van der Waals surface area contributed by atoms with Crippen molar-refractivity contribution in [2.75, 3.05) is 0 Å². The first kappa shape index (κ1) is 19.4. The minimum atomic E-state index is -1.26. The van der Waals surface area contributed by atoms with E-state index in [1.807, 2.05) is 26.0 Å². The lowest BCUT2D eigenvalue weighted by Crippen LogP contribution is -2.38. The van der Waals surface area contributed by atoms with Gasteiger partial charge in [-0.3, -0.25) is 9.59 Å². The van der Waals surface area contributed by atoms with E-state index in [4.69, 9.17) is 5.73 Å². The maximum atomic E-state index is 12.7. The quantitative estimate of drug-likeness (QED) is 0.501. The normalized spacial score (nSPS) is 23.0. The molecular formula is C21H27NO3. The van der Waals surface area contributed by atoms with Gasteiger partial charge in [0.25, 0.3) is 0 Å². The van der Waals surface area contributed by atoms with Crippen LogP contribution in [-0.4, -0.2) is 22.4 Å². The standard InChI is InChI=1S/C21H27NO3/c1-5-6-15-9-13(2)19(14(3)10-15)20-17(23)11-16(12-18(20)24)7-8-21(4,22)25/h9-10,16,20,25H,7-8,11-12,22H2,1-4H3. The molecule has 0 saturated heterocycles. The Morgan fingerprint density at radius 3 is 2.16 bits per heavy atom. The molecule has 0 bridgehead atoms. The third-order valence-corrected chi connectivity index (χ3v) is 4.83. The minimum absolute atomic E-state index is 0.0292. The van der Waals surface area contributed by atoms with Crippen LogP contribution < -0.4 is 5.73 Å². The van der Waals surface area contributed by atoms with Crippen molar-refractivity contribution < 1.29 is 14.7 Å². The largest absolute Gasteiger partial charge is 0.376 e. The molecule has 1 aromatic carbocycles. The molecule has 4 heteroatoms.